The predicted octanol–water partition coefficient (Wildman–Crippen LogP) is 35.0. The van der Waals surface area contributed by atoms with Crippen LogP contribution in [0.15, 0.2) is 431 Å². The zero-order valence-electron chi connectivity index (χ0n) is 71.6. The third kappa shape index (κ3) is 12.2. The van der Waals surface area contributed by atoms with Crippen molar-refractivity contribution >= 4 is 140 Å². The predicted molar refractivity (Wildman–Crippen MR) is 550 cm³/mol. The first-order valence-corrected chi connectivity index (χ1v) is 44.9. The van der Waals surface area contributed by atoms with Crippen LogP contribution in [-0.2, 0) is 0 Å². The van der Waals surface area contributed by atoms with E-state index in [-0.39, 0.29) is 0 Å². The van der Waals surface area contributed by atoms with Crippen molar-refractivity contribution in [1.82, 2.24) is 0 Å². The van der Waals surface area contributed by atoms with Crippen LogP contribution in [0, 0.1) is 34.0 Å². The molecule has 28 rings (SSSR count). The van der Waals surface area contributed by atoms with Crippen LogP contribution in [0.25, 0.3) is 240 Å². The highest BCUT2D eigenvalue weighted by Crippen LogP contribution is 2.56. The number of ether oxygens (including phenoxy) is 3. The molecule has 0 saturated carbocycles. The molecule has 133 heavy (non-hydrogen) atoms. The maximum absolute atomic E-state index is 9.69. The van der Waals surface area contributed by atoms with Gasteiger partial charge in [-0.3, -0.25) is 0 Å². The van der Waals surface area contributed by atoms with E-state index in [4.69, 9.17) is 14.2 Å². The molecule has 0 amide bonds. The number of benzene rings is 25. The van der Waals surface area contributed by atoms with Crippen molar-refractivity contribution in [2.45, 2.75) is 0 Å². The molecule has 0 aliphatic carbocycles. The number of rotatable bonds is 6. The molecule has 3 aliphatic rings. The monoisotopic (exact) mass is 1690 g/mol. The van der Waals surface area contributed by atoms with Crippen molar-refractivity contribution in [3.05, 3.63) is 447 Å². The van der Waals surface area contributed by atoms with Crippen LogP contribution in [0.3, 0.4) is 0 Å². The van der Waals surface area contributed by atoms with Crippen molar-refractivity contribution in [3.8, 4) is 153 Å². The summed E-state index contributed by atoms with van der Waals surface area (Å²) in [6.07, 6.45) is 0. The first-order chi connectivity index (χ1) is 65.8. The van der Waals surface area contributed by atoms with E-state index in [0.29, 0.717) is 16.7 Å². The lowest BCUT2D eigenvalue weighted by Gasteiger charge is -2.23. The van der Waals surface area contributed by atoms with Gasteiger partial charge < -0.3 is 14.2 Å². The summed E-state index contributed by atoms with van der Waals surface area (Å²) in [6.45, 7) is 0. The quantitative estimate of drug-likeness (QED) is 0.154. The summed E-state index contributed by atoms with van der Waals surface area (Å²) in [6, 6.07) is 160. The molecule has 0 fully saturated rings. The average molecular weight is 1690 g/mol. The Hall–Kier alpha value is -18.3. The summed E-state index contributed by atoms with van der Waals surface area (Å²) in [4.78, 5) is 0. The van der Waals surface area contributed by atoms with E-state index < -0.39 is 0 Å². The van der Waals surface area contributed by atoms with Crippen LogP contribution in [0.5, 0.6) is 34.5 Å². The smallest absolute Gasteiger partial charge is 0.136 e. The third-order valence-electron chi connectivity index (χ3n) is 27.7. The Kier molecular flexibility index (Phi) is 17.4. The minimum Gasteiger partial charge on any atom is -0.456 e. The van der Waals surface area contributed by atoms with E-state index in [0.717, 1.165) is 111 Å². The Morgan fingerprint density at radius 3 is 0.932 bits per heavy atom. The maximum atomic E-state index is 9.69. The molecule has 612 valence electrons. The molecule has 6 nitrogen and oxygen atoms in total. The maximum Gasteiger partial charge on any atom is 0.136 e. The lowest BCUT2D eigenvalue weighted by Crippen LogP contribution is -1.98. The van der Waals surface area contributed by atoms with Crippen LogP contribution < -0.4 is 14.2 Å². The van der Waals surface area contributed by atoms with Gasteiger partial charge in [0.2, 0.25) is 0 Å². The molecule has 0 atom stereocenters. The fourth-order valence-electron chi connectivity index (χ4n) is 21.6. The van der Waals surface area contributed by atoms with Crippen molar-refractivity contribution in [2.75, 3.05) is 0 Å². The molecule has 0 bridgehead atoms. The second-order valence-corrected chi connectivity index (χ2v) is 34.7. The molecule has 0 N–H and O–H groups in total. The zero-order valence-corrected chi connectivity index (χ0v) is 71.6. The van der Waals surface area contributed by atoms with Gasteiger partial charge in [0, 0.05) is 38.2 Å². The first kappa shape index (κ1) is 76.0. The summed E-state index contributed by atoms with van der Waals surface area (Å²) >= 11 is 0. The van der Waals surface area contributed by atoms with Gasteiger partial charge in [0.1, 0.15) is 34.5 Å². The fourth-order valence-corrected chi connectivity index (χ4v) is 21.6. The van der Waals surface area contributed by atoms with Crippen LogP contribution in [0.2, 0.25) is 0 Å². The van der Waals surface area contributed by atoms with Crippen molar-refractivity contribution < 1.29 is 14.2 Å². The van der Waals surface area contributed by atoms with Crippen LogP contribution in [0.1, 0.15) is 16.7 Å². The van der Waals surface area contributed by atoms with Crippen molar-refractivity contribution in [3.63, 3.8) is 0 Å². The number of hydrogen-bond acceptors (Lipinski definition) is 6. The highest BCUT2D eigenvalue weighted by atomic mass is 16.5. The Morgan fingerprint density at radius 1 is 0.143 bits per heavy atom. The third-order valence-corrected chi connectivity index (χ3v) is 27.7. The molecule has 0 unspecified atom stereocenters. The molecule has 25 aromatic rings. The topological polar surface area (TPSA) is 99.1 Å². The Bertz CT molecular complexity index is 9540. The Morgan fingerprint density at radius 2 is 0.451 bits per heavy atom. The van der Waals surface area contributed by atoms with Crippen molar-refractivity contribution in [1.29, 1.82) is 15.8 Å². The number of fused-ring (bicyclic) bond motifs is 22. The zero-order chi connectivity index (χ0) is 88.0. The summed E-state index contributed by atoms with van der Waals surface area (Å²) in [5, 5.41) is 60.0. The largest absolute Gasteiger partial charge is 0.456 e. The van der Waals surface area contributed by atoms with E-state index in [9.17, 15) is 15.8 Å². The van der Waals surface area contributed by atoms with Gasteiger partial charge in [-0.15, -0.1) is 0 Å². The van der Waals surface area contributed by atoms with Crippen LogP contribution in [-0.4, -0.2) is 0 Å². The van der Waals surface area contributed by atoms with Crippen LogP contribution in [0.4, 0.5) is 0 Å². The van der Waals surface area contributed by atoms with Gasteiger partial charge in [0.15, 0.2) is 0 Å². The lowest BCUT2D eigenvalue weighted by atomic mass is 9.85. The molecule has 0 aromatic heterocycles. The van der Waals surface area contributed by atoms with E-state index >= 15 is 0 Å². The summed E-state index contributed by atoms with van der Waals surface area (Å²) in [5.74, 6) is 4.71. The molecule has 0 radical (unpaired) electrons. The van der Waals surface area contributed by atoms with Gasteiger partial charge >= 0.3 is 0 Å². The summed E-state index contributed by atoms with van der Waals surface area (Å²) < 4.78 is 19.2. The van der Waals surface area contributed by atoms with Crippen molar-refractivity contribution in [2.24, 2.45) is 0 Å². The number of hydrogen-bond donors (Lipinski definition) is 0. The number of nitriles is 3. The standard InChI is InChI=1S/C51H29NO.C41H23NO.C35H19NO/c52-30-35-24-26-49-51-37(35)16-8-18-44(51)43-25-23-34(27-50(43)53-49)31-19-21-33(22-20-31)45-28-47-42-15-6-5-14-41(42)46(29-48(47)40-13-4-3-12-39(40)45)38-17-7-10-32-9-1-2-11-36(32)38;42-24-25-17-18-32-34-16-8-15-33-31(19-20-39(41(33)34)43-40(32)21-25)36-23-38-28-12-5-4-11-27(28)35(26-9-2-1-3-10-26)22-37(38)30-14-7-6-13-29(30)36;36-20-21-12-14-28-30-11-5-10-29-27(16-17-33(35(29)30)37-34(28)18-21)32-19-31-23-7-2-1-6-22(23)13-15-26(31)24-8-3-4-9-25(24)32/h1-29H;1-23H;1-19H. The lowest BCUT2D eigenvalue weighted by molar-refractivity contribution is 0.486. The first-order valence-electron chi connectivity index (χ1n) is 44.9. The highest BCUT2D eigenvalue weighted by molar-refractivity contribution is 6.29. The molecular formula is C127H71N3O3. The summed E-state index contributed by atoms with van der Waals surface area (Å²) in [5.41, 5.74) is 22.7. The van der Waals surface area contributed by atoms with Gasteiger partial charge in [-0.2, -0.15) is 15.8 Å². The highest BCUT2D eigenvalue weighted by Gasteiger charge is 2.29. The summed E-state index contributed by atoms with van der Waals surface area (Å²) in [7, 11) is 0. The van der Waals surface area contributed by atoms with E-state index in [1.54, 1.807) is 0 Å². The van der Waals surface area contributed by atoms with Gasteiger partial charge in [-0.05, 0) is 305 Å². The molecule has 6 heteroatoms. The average Bonchev–Trinajstić information content (AvgIpc) is 0.730. The molecule has 0 saturated heterocycles. The Balaban J connectivity index is 0.000000106. The minimum atomic E-state index is 0.594. The molecule has 3 aliphatic heterocycles. The SMILES string of the molecule is N#Cc1ccc2c(c1)Oc1ccc(-c3cc4c5ccccc5c(-c5ccccc5)cc4c4ccccc34)c3cccc-2c13.N#Cc1ccc2c(c1)Oc1ccc(-c3cc4c5ccccc5ccc4c4ccccc34)c3cccc-2c13.N#Cc1ccc2c3c(cccc13)-c1ccc(-c3ccc(-c4cc5c6ccccc6c(-c6cccc7ccccc67)cc5c5ccccc45)cc3)cc1O2. The van der Waals surface area contributed by atoms with E-state index in [1.807, 2.05) is 60.7 Å². The molecule has 0 spiro atoms. The minimum absolute atomic E-state index is 0.594. The van der Waals surface area contributed by atoms with E-state index in [2.05, 4.69) is 388 Å². The van der Waals surface area contributed by atoms with Crippen LogP contribution >= 0.6 is 0 Å². The van der Waals surface area contributed by atoms with E-state index in [1.165, 1.54) is 163 Å². The van der Waals surface area contributed by atoms with Gasteiger partial charge in [-0.1, -0.05) is 328 Å². The normalized spacial score (nSPS) is 11.9. The molecular weight excluding hydrogens is 1620 g/mol. The Labute approximate surface area is 765 Å². The van der Waals surface area contributed by atoms with Gasteiger partial charge in [-0.25, -0.2) is 0 Å². The second-order valence-electron chi connectivity index (χ2n) is 34.7. The molecule has 25 aromatic carbocycles. The van der Waals surface area contributed by atoms with Gasteiger partial charge in [0.25, 0.3) is 0 Å². The second kappa shape index (κ2) is 30.5. The van der Waals surface area contributed by atoms with Gasteiger partial charge in [0.05, 0.1) is 34.9 Å². The number of nitrogens with zero attached hydrogens (tertiary/aromatic N) is 3. The fraction of sp³-hybridized carbons (Fsp3) is 0. The molecule has 3 heterocycles.